The molecule has 0 aliphatic carbocycles. The summed E-state index contributed by atoms with van der Waals surface area (Å²) >= 11 is 6.36. The molecule has 0 fully saturated rings. The Morgan fingerprint density at radius 2 is 1.59 bits per heavy atom. The SMILES string of the molecule is Cc1ccc(Nc2nc(-c3ccccc3Cl)nc3ccccc23)c(C)c1.Cl. The first-order chi connectivity index (χ1) is 12.6. The van der Waals surface area contributed by atoms with Crippen LogP contribution >= 0.6 is 24.0 Å². The zero-order valence-corrected chi connectivity index (χ0v) is 16.6. The summed E-state index contributed by atoms with van der Waals surface area (Å²) in [5, 5.41) is 5.09. The molecule has 0 aliphatic rings. The Kier molecular flexibility index (Phi) is 5.64. The fourth-order valence-corrected chi connectivity index (χ4v) is 3.24. The van der Waals surface area contributed by atoms with E-state index in [1.165, 1.54) is 11.1 Å². The highest BCUT2D eigenvalue weighted by Gasteiger charge is 2.12. The van der Waals surface area contributed by atoms with Gasteiger partial charge in [-0.2, -0.15) is 0 Å². The van der Waals surface area contributed by atoms with Gasteiger partial charge in [0, 0.05) is 16.6 Å². The molecule has 0 saturated carbocycles. The number of halogens is 2. The fourth-order valence-electron chi connectivity index (χ4n) is 3.02. The summed E-state index contributed by atoms with van der Waals surface area (Å²) in [5.74, 6) is 1.39. The predicted octanol–water partition coefficient (Wildman–Crippen LogP) is 6.73. The summed E-state index contributed by atoms with van der Waals surface area (Å²) in [6.45, 7) is 4.18. The van der Waals surface area contributed by atoms with Crippen LogP contribution in [0.1, 0.15) is 11.1 Å². The molecule has 136 valence electrons. The van der Waals surface area contributed by atoms with E-state index in [0.717, 1.165) is 28.0 Å². The highest BCUT2D eigenvalue weighted by atomic mass is 35.5. The molecule has 0 atom stereocenters. The molecular weight excluding hydrogens is 377 g/mol. The Bertz CT molecular complexity index is 1110. The average Bonchev–Trinajstić information content (AvgIpc) is 2.64. The molecule has 5 heteroatoms. The molecule has 0 bridgehead atoms. The number of aromatic nitrogens is 2. The lowest BCUT2D eigenvalue weighted by Crippen LogP contribution is -2.01. The minimum Gasteiger partial charge on any atom is -0.339 e. The molecule has 1 N–H and O–H groups in total. The number of hydrogen-bond donors (Lipinski definition) is 1. The van der Waals surface area contributed by atoms with Crippen LogP contribution in [0.3, 0.4) is 0 Å². The van der Waals surface area contributed by atoms with Crippen LogP contribution in [0.15, 0.2) is 66.7 Å². The maximum Gasteiger partial charge on any atom is 0.163 e. The van der Waals surface area contributed by atoms with Gasteiger partial charge in [0.1, 0.15) is 5.82 Å². The zero-order valence-electron chi connectivity index (χ0n) is 15.0. The number of hydrogen-bond acceptors (Lipinski definition) is 3. The minimum atomic E-state index is 0. The van der Waals surface area contributed by atoms with E-state index < -0.39 is 0 Å². The van der Waals surface area contributed by atoms with Crippen molar-refractivity contribution in [2.45, 2.75) is 13.8 Å². The standard InChI is InChI=1S/C22H18ClN3.ClH/c1-14-11-12-19(15(2)13-14)24-22-17-8-4-6-10-20(17)25-21(26-22)16-7-3-5-9-18(16)23;/h3-13H,1-2H3,(H,24,25,26);1H. The lowest BCUT2D eigenvalue weighted by atomic mass is 10.1. The lowest BCUT2D eigenvalue weighted by molar-refractivity contribution is 1.22. The number of nitrogens with one attached hydrogen (secondary N) is 1. The van der Waals surface area contributed by atoms with Gasteiger partial charge in [-0.05, 0) is 49.7 Å². The highest BCUT2D eigenvalue weighted by molar-refractivity contribution is 6.33. The Labute approximate surface area is 169 Å². The van der Waals surface area contributed by atoms with Gasteiger partial charge < -0.3 is 5.32 Å². The van der Waals surface area contributed by atoms with Gasteiger partial charge in [-0.25, -0.2) is 9.97 Å². The van der Waals surface area contributed by atoms with Crippen molar-refractivity contribution in [1.29, 1.82) is 0 Å². The van der Waals surface area contributed by atoms with Crippen molar-refractivity contribution < 1.29 is 0 Å². The van der Waals surface area contributed by atoms with Crippen molar-refractivity contribution in [2.75, 3.05) is 5.32 Å². The third kappa shape index (κ3) is 3.90. The van der Waals surface area contributed by atoms with Crippen molar-refractivity contribution >= 4 is 46.4 Å². The molecular formula is C22H19Cl2N3. The molecule has 0 aliphatic heterocycles. The number of anilines is 2. The lowest BCUT2D eigenvalue weighted by Gasteiger charge is -2.13. The molecule has 0 radical (unpaired) electrons. The third-order valence-electron chi connectivity index (χ3n) is 4.35. The largest absolute Gasteiger partial charge is 0.339 e. The van der Waals surface area contributed by atoms with E-state index in [1.807, 2.05) is 48.5 Å². The zero-order chi connectivity index (χ0) is 18.1. The summed E-state index contributed by atoms with van der Waals surface area (Å²) in [6.07, 6.45) is 0. The molecule has 1 heterocycles. The van der Waals surface area contributed by atoms with Crippen LogP contribution in [0.5, 0.6) is 0 Å². The van der Waals surface area contributed by atoms with E-state index in [1.54, 1.807) is 0 Å². The molecule has 0 amide bonds. The van der Waals surface area contributed by atoms with Crippen LogP contribution in [-0.2, 0) is 0 Å². The topological polar surface area (TPSA) is 37.8 Å². The van der Waals surface area contributed by atoms with Gasteiger partial charge in [0.15, 0.2) is 5.82 Å². The van der Waals surface area contributed by atoms with Crippen molar-refractivity contribution in [3.8, 4) is 11.4 Å². The van der Waals surface area contributed by atoms with Crippen molar-refractivity contribution in [1.82, 2.24) is 9.97 Å². The summed E-state index contributed by atoms with van der Waals surface area (Å²) in [6, 6.07) is 22.0. The Balaban J connectivity index is 0.00000210. The van der Waals surface area contributed by atoms with Crippen LogP contribution in [-0.4, -0.2) is 9.97 Å². The minimum absolute atomic E-state index is 0. The average molecular weight is 396 g/mol. The van der Waals surface area contributed by atoms with Crippen LogP contribution in [0.25, 0.3) is 22.3 Å². The summed E-state index contributed by atoms with van der Waals surface area (Å²) < 4.78 is 0. The third-order valence-corrected chi connectivity index (χ3v) is 4.68. The fraction of sp³-hybridized carbons (Fsp3) is 0.0909. The number of fused-ring (bicyclic) bond motifs is 1. The number of benzene rings is 3. The molecule has 0 saturated heterocycles. The Morgan fingerprint density at radius 3 is 2.37 bits per heavy atom. The Morgan fingerprint density at radius 1 is 0.852 bits per heavy atom. The van der Waals surface area contributed by atoms with Gasteiger partial charge in [-0.3, -0.25) is 0 Å². The van der Waals surface area contributed by atoms with E-state index in [4.69, 9.17) is 21.6 Å². The smallest absolute Gasteiger partial charge is 0.163 e. The van der Waals surface area contributed by atoms with Crippen LogP contribution < -0.4 is 5.32 Å². The highest BCUT2D eigenvalue weighted by Crippen LogP contribution is 2.31. The van der Waals surface area contributed by atoms with E-state index in [0.29, 0.717) is 10.8 Å². The monoisotopic (exact) mass is 395 g/mol. The molecule has 4 aromatic rings. The van der Waals surface area contributed by atoms with Gasteiger partial charge in [-0.15, -0.1) is 12.4 Å². The predicted molar refractivity (Wildman–Crippen MR) is 116 cm³/mol. The second-order valence-corrected chi connectivity index (χ2v) is 6.74. The van der Waals surface area contributed by atoms with Crippen molar-refractivity contribution in [2.24, 2.45) is 0 Å². The molecule has 3 nitrogen and oxygen atoms in total. The van der Waals surface area contributed by atoms with Crippen LogP contribution in [0.2, 0.25) is 5.02 Å². The van der Waals surface area contributed by atoms with Gasteiger partial charge in [0.2, 0.25) is 0 Å². The molecule has 3 aromatic carbocycles. The maximum atomic E-state index is 6.36. The second kappa shape index (κ2) is 7.95. The summed E-state index contributed by atoms with van der Waals surface area (Å²) in [5.41, 5.74) is 5.14. The molecule has 4 rings (SSSR count). The van der Waals surface area contributed by atoms with Crippen molar-refractivity contribution in [3.63, 3.8) is 0 Å². The number of nitrogens with zero attached hydrogens (tertiary/aromatic N) is 2. The maximum absolute atomic E-state index is 6.36. The number of aryl methyl sites for hydroxylation is 2. The van der Waals surface area contributed by atoms with Gasteiger partial charge in [0.05, 0.1) is 10.5 Å². The van der Waals surface area contributed by atoms with E-state index in [2.05, 4.69) is 37.4 Å². The first kappa shape index (κ1) is 19.2. The normalized spacial score (nSPS) is 10.5. The quantitative estimate of drug-likeness (QED) is 0.417. The Hall–Kier alpha value is -2.62. The van der Waals surface area contributed by atoms with Gasteiger partial charge in [0.25, 0.3) is 0 Å². The van der Waals surface area contributed by atoms with E-state index in [9.17, 15) is 0 Å². The van der Waals surface area contributed by atoms with Gasteiger partial charge >= 0.3 is 0 Å². The van der Waals surface area contributed by atoms with E-state index >= 15 is 0 Å². The van der Waals surface area contributed by atoms with Crippen LogP contribution in [0.4, 0.5) is 11.5 Å². The van der Waals surface area contributed by atoms with Gasteiger partial charge in [-0.1, -0.05) is 53.6 Å². The van der Waals surface area contributed by atoms with E-state index in [-0.39, 0.29) is 12.4 Å². The summed E-state index contributed by atoms with van der Waals surface area (Å²) in [7, 11) is 0. The number of rotatable bonds is 3. The summed E-state index contributed by atoms with van der Waals surface area (Å²) in [4.78, 5) is 9.49. The molecule has 0 unspecified atom stereocenters. The molecule has 0 spiro atoms. The van der Waals surface area contributed by atoms with Crippen molar-refractivity contribution in [3.05, 3.63) is 82.9 Å². The molecule has 27 heavy (non-hydrogen) atoms. The first-order valence-corrected chi connectivity index (χ1v) is 8.85. The number of para-hydroxylation sites is 1. The van der Waals surface area contributed by atoms with Crippen LogP contribution in [0, 0.1) is 13.8 Å². The second-order valence-electron chi connectivity index (χ2n) is 6.34. The molecule has 1 aromatic heterocycles. The first-order valence-electron chi connectivity index (χ1n) is 8.48.